The summed E-state index contributed by atoms with van der Waals surface area (Å²) in [6.45, 7) is 2.79. The number of ether oxygens (including phenoxy) is 2. The summed E-state index contributed by atoms with van der Waals surface area (Å²) in [6, 6.07) is 5.89. The van der Waals surface area contributed by atoms with Crippen molar-refractivity contribution in [3.63, 3.8) is 0 Å². The number of nitrogens with zero attached hydrogens (tertiary/aromatic N) is 3. The lowest BCUT2D eigenvalue weighted by Crippen LogP contribution is -2.19. The van der Waals surface area contributed by atoms with Gasteiger partial charge in [0.25, 0.3) is 0 Å². The molecule has 0 fully saturated rings. The van der Waals surface area contributed by atoms with Crippen molar-refractivity contribution in [2.45, 2.75) is 19.9 Å². The minimum Gasteiger partial charge on any atom is -0.493 e. The van der Waals surface area contributed by atoms with Crippen LogP contribution in [0.4, 0.5) is 5.95 Å². The lowest BCUT2D eigenvalue weighted by Gasteiger charge is -2.18. The molecule has 1 aromatic heterocycles. The molecule has 0 N–H and O–H groups in total. The Labute approximate surface area is 125 Å². The zero-order chi connectivity index (χ0) is 15.2. The summed E-state index contributed by atoms with van der Waals surface area (Å²) in [5.41, 5.74) is 2.25. The molecule has 1 heterocycles. The average molecular weight is 287 g/mol. The summed E-state index contributed by atoms with van der Waals surface area (Å²) in [7, 11) is 5.24. The average Bonchev–Trinajstić information content (AvgIpc) is 2.54. The van der Waals surface area contributed by atoms with Gasteiger partial charge >= 0.3 is 0 Å². The third-order valence-electron chi connectivity index (χ3n) is 3.31. The van der Waals surface area contributed by atoms with E-state index in [1.165, 1.54) is 0 Å². The van der Waals surface area contributed by atoms with Gasteiger partial charge in [-0.15, -0.1) is 0 Å². The summed E-state index contributed by atoms with van der Waals surface area (Å²) in [5.74, 6) is 2.17. The number of hydrogen-bond donors (Lipinski definition) is 0. The summed E-state index contributed by atoms with van der Waals surface area (Å²) in [6.07, 6.45) is 4.68. The molecule has 0 saturated heterocycles. The molecular formula is C16H21N3O2. The minimum absolute atomic E-state index is 0.700. The van der Waals surface area contributed by atoms with Crippen LogP contribution in [0.15, 0.2) is 30.6 Å². The SMILES string of the molecule is CCc1cnc(N(C)Cc2ccc(OC)c(OC)c2)nc1. The van der Waals surface area contributed by atoms with E-state index >= 15 is 0 Å². The molecule has 5 nitrogen and oxygen atoms in total. The van der Waals surface area contributed by atoms with Crippen molar-refractivity contribution in [2.75, 3.05) is 26.2 Å². The molecule has 2 aromatic rings. The van der Waals surface area contributed by atoms with Crippen LogP contribution in [-0.2, 0) is 13.0 Å². The van der Waals surface area contributed by atoms with Crippen LogP contribution >= 0.6 is 0 Å². The first kappa shape index (κ1) is 15.1. The number of anilines is 1. The van der Waals surface area contributed by atoms with E-state index in [0.717, 1.165) is 29.0 Å². The Kier molecular flexibility index (Phi) is 4.98. The van der Waals surface area contributed by atoms with Gasteiger partial charge in [0, 0.05) is 26.0 Å². The summed E-state index contributed by atoms with van der Waals surface area (Å²) < 4.78 is 10.6. The first-order valence-electron chi connectivity index (χ1n) is 6.91. The van der Waals surface area contributed by atoms with E-state index in [1.54, 1.807) is 14.2 Å². The van der Waals surface area contributed by atoms with Gasteiger partial charge in [0.2, 0.25) is 5.95 Å². The Hall–Kier alpha value is -2.30. The summed E-state index contributed by atoms with van der Waals surface area (Å²) >= 11 is 0. The van der Waals surface area contributed by atoms with Gasteiger partial charge in [0.05, 0.1) is 14.2 Å². The standard InChI is InChI=1S/C16H21N3O2/c1-5-12-9-17-16(18-10-12)19(2)11-13-6-7-14(20-3)15(8-13)21-4/h6-10H,5,11H2,1-4H3. The second kappa shape index (κ2) is 6.92. The molecule has 0 radical (unpaired) electrons. The van der Waals surface area contributed by atoms with E-state index in [2.05, 4.69) is 16.9 Å². The molecule has 0 aliphatic heterocycles. The highest BCUT2D eigenvalue weighted by atomic mass is 16.5. The third kappa shape index (κ3) is 3.62. The second-order valence-corrected chi connectivity index (χ2v) is 4.79. The molecule has 2 rings (SSSR count). The van der Waals surface area contributed by atoms with Crippen LogP contribution < -0.4 is 14.4 Å². The molecule has 1 aromatic carbocycles. The normalized spacial score (nSPS) is 10.3. The van der Waals surface area contributed by atoms with Crippen LogP contribution in [0.3, 0.4) is 0 Å². The molecule has 112 valence electrons. The number of methoxy groups -OCH3 is 2. The van der Waals surface area contributed by atoms with Gasteiger partial charge in [-0.2, -0.15) is 0 Å². The maximum Gasteiger partial charge on any atom is 0.225 e. The van der Waals surface area contributed by atoms with E-state index in [1.807, 2.05) is 42.5 Å². The van der Waals surface area contributed by atoms with Gasteiger partial charge in [0.1, 0.15) is 0 Å². The lowest BCUT2D eigenvalue weighted by atomic mass is 10.2. The molecule has 21 heavy (non-hydrogen) atoms. The summed E-state index contributed by atoms with van der Waals surface area (Å²) in [5, 5.41) is 0. The number of aromatic nitrogens is 2. The molecule has 5 heteroatoms. The minimum atomic E-state index is 0.700. The molecule has 0 bridgehead atoms. The van der Waals surface area contributed by atoms with Crippen molar-refractivity contribution in [1.29, 1.82) is 0 Å². The topological polar surface area (TPSA) is 47.5 Å². The van der Waals surface area contributed by atoms with Gasteiger partial charge in [-0.05, 0) is 29.7 Å². The molecule has 0 aliphatic rings. The van der Waals surface area contributed by atoms with Crippen molar-refractivity contribution in [1.82, 2.24) is 9.97 Å². The van der Waals surface area contributed by atoms with E-state index in [-0.39, 0.29) is 0 Å². The Morgan fingerprint density at radius 1 is 1.00 bits per heavy atom. The molecule has 0 atom stereocenters. The van der Waals surface area contributed by atoms with Gasteiger partial charge in [0.15, 0.2) is 11.5 Å². The highest BCUT2D eigenvalue weighted by Gasteiger charge is 2.08. The van der Waals surface area contributed by atoms with E-state index in [4.69, 9.17) is 9.47 Å². The zero-order valence-corrected chi connectivity index (χ0v) is 13.0. The highest BCUT2D eigenvalue weighted by Crippen LogP contribution is 2.28. The number of benzene rings is 1. The summed E-state index contributed by atoms with van der Waals surface area (Å²) in [4.78, 5) is 10.8. The molecule has 0 spiro atoms. The first-order valence-corrected chi connectivity index (χ1v) is 6.91. The third-order valence-corrected chi connectivity index (χ3v) is 3.31. The predicted molar refractivity (Wildman–Crippen MR) is 83.1 cm³/mol. The zero-order valence-electron chi connectivity index (χ0n) is 13.0. The largest absolute Gasteiger partial charge is 0.493 e. The van der Waals surface area contributed by atoms with Crippen molar-refractivity contribution < 1.29 is 9.47 Å². The van der Waals surface area contributed by atoms with Crippen LogP contribution in [-0.4, -0.2) is 31.2 Å². The van der Waals surface area contributed by atoms with E-state index in [9.17, 15) is 0 Å². The van der Waals surface area contributed by atoms with Crippen molar-refractivity contribution in [3.05, 3.63) is 41.7 Å². The maximum atomic E-state index is 5.32. The van der Waals surface area contributed by atoms with Crippen molar-refractivity contribution in [2.24, 2.45) is 0 Å². The monoisotopic (exact) mass is 287 g/mol. The molecule has 0 saturated carbocycles. The fourth-order valence-corrected chi connectivity index (χ4v) is 2.05. The molecular weight excluding hydrogens is 266 g/mol. The van der Waals surface area contributed by atoms with Gasteiger partial charge in [-0.25, -0.2) is 9.97 Å². The van der Waals surface area contributed by atoms with E-state index < -0.39 is 0 Å². The Morgan fingerprint density at radius 3 is 2.24 bits per heavy atom. The quantitative estimate of drug-likeness (QED) is 0.817. The second-order valence-electron chi connectivity index (χ2n) is 4.79. The van der Waals surface area contributed by atoms with Crippen LogP contribution in [0.2, 0.25) is 0 Å². The number of hydrogen-bond acceptors (Lipinski definition) is 5. The highest BCUT2D eigenvalue weighted by molar-refractivity contribution is 5.44. The number of rotatable bonds is 6. The van der Waals surface area contributed by atoms with Crippen molar-refractivity contribution in [3.8, 4) is 11.5 Å². The molecule has 0 aliphatic carbocycles. The fourth-order valence-electron chi connectivity index (χ4n) is 2.05. The van der Waals surface area contributed by atoms with Gasteiger partial charge < -0.3 is 14.4 Å². The predicted octanol–water partition coefficient (Wildman–Crippen LogP) is 2.69. The van der Waals surface area contributed by atoms with Crippen LogP contribution in [0.1, 0.15) is 18.1 Å². The van der Waals surface area contributed by atoms with Crippen LogP contribution in [0, 0.1) is 0 Å². The molecule has 0 unspecified atom stereocenters. The van der Waals surface area contributed by atoms with Gasteiger partial charge in [-0.3, -0.25) is 0 Å². The number of aryl methyl sites for hydroxylation is 1. The van der Waals surface area contributed by atoms with Crippen LogP contribution in [0.25, 0.3) is 0 Å². The van der Waals surface area contributed by atoms with E-state index in [0.29, 0.717) is 12.5 Å². The molecule has 0 amide bonds. The Balaban J connectivity index is 2.12. The maximum absolute atomic E-state index is 5.32. The smallest absolute Gasteiger partial charge is 0.225 e. The Bertz CT molecular complexity index is 585. The van der Waals surface area contributed by atoms with Crippen molar-refractivity contribution >= 4 is 5.95 Å². The van der Waals surface area contributed by atoms with Crippen LogP contribution in [0.5, 0.6) is 11.5 Å². The lowest BCUT2D eigenvalue weighted by molar-refractivity contribution is 0.354. The first-order chi connectivity index (χ1) is 10.2. The Morgan fingerprint density at radius 2 is 1.67 bits per heavy atom. The van der Waals surface area contributed by atoms with Gasteiger partial charge in [-0.1, -0.05) is 13.0 Å². The fraction of sp³-hybridized carbons (Fsp3) is 0.375.